The Kier molecular flexibility index (Phi) is 2.50. The summed E-state index contributed by atoms with van der Waals surface area (Å²) in [7, 11) is 0. The van der Waals surface area contributed by atoms with Crippen molar-refractivity contribution in [2.75, 3.05) is 0 Å². The Bertz CT molecular complexity index is 450. The lowest BCUT2D eigenvalue weighted by atomic mass is 9.73. The molecule has 3 aliphatic carbocycles. The van der Waals surface area contributed by atoms with Gasteiger partial charge in [-0.2, -0.15) is 0 Å². The van der Waals surface area contributed by atoms with Gasteiger partial charge in [-0.15, -0.1) is 23.2 Å². The van der Waals surface area contributed by atoms with E-state index in [2.05, 4.69) is 0 Å². The highest BCUT2D eigenvalue weighted by Gasteiger charge is 2.83. The average Bonchev–Trinajstić information content (AvgIpc) is 3.05. The van der Waals surface area contributed by atoms with Gasteiger partial charge in [0.2, 0.25) is 0 Å². The van der Waals surface area contributed by atoms with Gasteiger partial charge in [0.15, 0.2) is 4.33 Å². The Labute approximate surface area is 135 Å². The molecule has 2 saturated carbocycles. The van der Waals surface area contributed by atoms with Crippen LogP contribution in [0.3, 0.4) is 0 Å². The van der Waals surface area contributed by atoms with Crippen LogP contribution in [0, 0.1) is 11.8 Å². The van der Waals surface area contributed by atoms with Crippen LogP contribution < -0.4 is 0 Å². The third kappa shape index (κ3) is 1.10. The van der Waals surface area contributed by atoms with Crippen molar-refractivity contribution in [1.29, 1.82) is 0 Å². The second kappa shape index (κ2) is 3.43. The number of hydrogen-bond acceptors (Lipinski definition) is 1. The zero-order valence-electron chi connectivity index (χ0n) is 8.90. The maximum atomic E-state index is 6.70. The molecule has 1 nitrogen and oxygen atoms in total. The SMILES string of the molecule is ClC1=C(Cl)[C@]2(Cl)[C@H]3C[C@@H]4O[C@@H]4C[C@H]3[C@@]1(Cl)C2(Cl)Cl. The number of hydrogen-bond donors (Lipinski definition) is 0. The highest BCUT2D eigenvalue weighted by molar-refractivity contribution is 6.65. The molecule has 1 saturated heterocycles. The van der Waals surface area contributed by atoms with Gasteiger partial charge < -0.3 is 4.74 Å². The van der Waals surface area contributed by atoms with Gasteiger partial charge in [-0.3, -0.25) is 0 Å². The van der Waals surface area contributed by atoms with Crippen LogP contribution in [0.1, 0.15) is 12.8 Å². The van der Waals surface area contributed by atoms with E-state index >= 15 is 0 Å². The number of halogens is 6. The Morgan fingerprint density at radius 2 is 1.22 bits per heavy atom. The summed E-state index contributed by atoms with van der Waals surface area (Å²) in [4.78, 5) is -2.20. The van der Waals surface area contributed by atoms with Gasteiger partial charge in [0.25, 0.3) is 0 Å². The molecule has 0 aromatic heterocycles. The van der Waals surface area contributed by atoms with Crippen molar-refractivity contribution >= 4 is 69.6 Å². The summed E-state index contributed by atoms with van der Waals surface area (Å²) in [6.45, 7) is 0. The van der Waals surface area contributed by atoms with E-state index in [0.29, 0.717) is 10.1 Å². The molecule has 4 aliphatic rings. The van der Waals surface area contributed by atoms with Gasteiger partial charge in [-0.25, -0.2) is 0 Å². The molecule has 18 heavy (non-hydrogen) atoms. The zero-order chi connectivity index (χ0) is 13.1. The lowest BCUT2D eigenvalue weighted by molar-refractivity contribution is 0.261. The minimum absolute atomic E-state index is 0.00502. The first-order chi connectivity index (χ1) is 8.26. The van der Waals surface area contributed by atoms with E-state index in [1.165, 1.54) is 0 Å². The van der Waals surface area contributed by atoms with E-state index in [1.807, 2.05) is 0 Å². The largest absolute Gasteiger partial charge is 0.370 e. The van der Waals surface area contributed by atoms with Gasteiger partial charge >= 0.3 is 0 Å². The molecule has 2 bridgehead atoms. The van der Waals surface area contributed by atoms with Crippen molar-refractivity contribution in [3.63, 3.8) is 0 Å². The molecule has 0 unspecified atom stereocenters. The van der Waals surface area contributed by atoms with Crippen molar-refractivity contribution < 1.29 is 4.74 Å². The summed E-state index contributed by atoms with van der Waals surface area (Å²) < 4.78 is 4.17. The average molecular weight is 369 g/mol. The van der Waals surface area contributed by atoms with E-state index in [-0.39, 0.29) is 24.0 Å². The third-order valence-electron chi connectivity index (χ3n) is 4.91. The van der Waals surface area contributed by atoms with Gasteiger partial charge in [-0.05, 0) is 24.7 Å². The van der Waals surface area contributed by atoms with E-state index in [9.17, 15) is 0 Å². The van der Waals surface area contributed by atoms with Gasteiger partial charge in [0.1, 0.15) is 9.75 Å². The second-order valence-corrected chi connectivity index (χ2v) is 8.80. The molecule has 0 radical (unpaired) electrons. The summed E-state index contributed by atoms with van der Waals surface area (Å²) in [5.41, 5.74) is 0. The number of fused-ring (bicyclic) bond motifs is 6. The number of ether oxygens (including phenoxy) is 1. The lowest BCUT2D eigenvalue weighted by Crippen LogP contribution is -2.44. The highest BCUT2D eigenvalue weighted by Crippen LogP contribution is 2.79. The van der Waals surface area contributed by atoms with Crippen LogP contribution in [-0.4, -0.2) is 26.3 Å². The fourth-order valence-corrected chi connectivity index (χ4v) is 7.06. The monoisotopic (exact) mass is 366 g/mol. The number of alkyl halides is 4. The second-order valence-electron chi connectivity index (χ2n) is 5.52. The van der Waals surface area contributed by atoms with Crippen LogP contribution in [0.4, 0.5) is 0 Å². The van der Waals surface area contributed by atoms with Crippen LogP contribution >= 0.6 is 69.6 Å². The molecule has 0 N–H and O–H groups in total. The molecule has 3 fully saturated rings. The molecule has 1 aliphatic heterocycles. The predicted molar refractivity (Wildman–Crippen MR) is 75.2 cm³/mol. The molecule has 100 valence electrons. The van der Waals surface area contributed by atoms with Gasteiger partial charge in [-0.1, -0.05) is 46.4 Å². The molecule has 0 spiro atoms. The molecule has 6 atom stereocenters. The topological polar surface area (TPSA) is 12.5 Å². The van der Waals surface area contributed by atoms with E-state index in [4.69, 9.17) is 74.3 Å². The first-order valence-electron chi connectivity index (χ1n) is 5.73. The summed E-state index contributed by atoms with van der Waals surface area (Å²) in [5, 5.41) is 0.595. The van der Waals surface area contributed by atoms with E-state index in [0.717, 1.165) is 12.8 Å². The molecule has 7 heteroatoms. The third-order valence-corrected chi connectivity index (χ3v) is 9.26. The lowest BCUT2D eigenvalue weighted by Gasteiger charge is -2.38. The zero-order valence-corrected chi connectivity index (χ0v) is 13.4. The fraction of sp³-hybridized carbons (Fsp3) is 0.818. The minimum atomic E-state index is -1.39. The Morgan fingerprint density at radius 1 is 0.833 bits per heavy atom. The van der Waals surface area contributed by atoms with E-state index in [1.54, 1.807) is 0 Å². The van der Waals surface area contributed by atoms with Crippen LogP contribution in [0.5, 0.6) is 0 Å². The normalized spacial score (nSPS) is 59.7. The molecule has 0 aromatic rings. The van der Waals surface area contributed by atoms with Crippen molar-refractivity contribution in [1.82, 2.24) is 0 Å². The Balaban J connectivity index is 1.94. The van der Waals surface area contributed by atoms with Crippen LogP contribution in [0.15, 0.2) is 10.1 Å². The minimum Gasteiger partial charge on any atom is -0.370 e. The van der Waals surface area contributed by atoms with Crippen molar-refractivity contribution in [3.8, 4) is 0 Å². The predicted octanol–water partition coefficient (Wildman–Crippen LogP) is 4.63. The van der Waals surface area contributed by atoms with Crippen LogP contribution in [0.25, 0.3) is 0 Å². The standard InChI is InChI=1S/C11H8Cl6O/c12-7-8(13)10(15)4-2-6-5(18-6)1-3(4)9(7,14)11(10,16)17/h3-6H,1-2H2/t3-,4+,5-,6+,9+,10-. The molecular weight excluding hydrogens is 361 g/mol. The fourth-order valence-electron chi connectivity index (χ4n) is 3.95. The summed E-state index contributed by atoms with van der Waals surface area (Å²) >= 11 is 38.9. The van der Waals surface area contributed by atoms with Gasteiger partial charge in [0, 0.05) is 0 Å². The molecule has 4 rings (SSSR count). The highest BCUT2D eigenvalue weighted by atomic mass is 35.5. The number of rotatable bonds is 0. The summed E-state index contributed by atoms with van der Waals surface area (Å²) in [6, 6.07) is 0. The summed E-state index contributed by atoms with van der Waals surface area (Å²) in [6.07, 6.45) is 2.06. The first-order valence-corrected chi connectivity index (χ1v) is 8.00. The van der Waals surface area contributed by atoms with Crippen LogP contribution in [0.2, 0.25) is 0 Å². The Morgan fingerprint density at radius 3 is 1.61 bits per heavy atom. The van der Waals surface area contributed by atoms with Gasteiger partial charge in [0.05, 0.1) is 22.3 Å². The smallest absolute Gasteiger partial charge is 0.166 e. The molecule has 0 aromatic carbocycles. The molecule has 0 amide bonds. The number of epoxide rings is 1. The van der Waals surface area contributed by atoms with E-state index < -0.39 is 14.1 Å². The van der Waals surface area contributed by atoms with Crippen molar-refractivity contribution in [2.24, 2.45) is 11.8 Å². The molecule has 1 heterocycles. The Hall–Kier alpha value is 1.44. The van der Waals surface area contributed by atoms with Crippen molar-refractivity contribution in [2.45, 2.75) is 39.1 Å². The first kappa shape index (κ1) is 13.1. The summed E-state index contributed by atoms with van der Waals surface area (Å²) in [5.74, 6) is 0.0100. The maximum Gasteiger partial charge on any atom is 0.166 e. The van der Waals surface area contributed by atoms with Crippen molar-refractivity contribution in [3.05, 3.63) is 10.1 Å². The van der Waals surface area contributed by atoms with Crippen LogP contribution in [-0.2, 0) is 4.74 Å². The molecular formula is C11H8Cl6O. The quantitative estimate of drug-likeness (QED) is 0.448. The maximum absolute atomic E-state index is 6.70. The number of allylic oxidation sites excluding steroid dienone is 2.